The van der Waals surface area contributed by atoms with Gasteiger partial charge in [0.05, 0.1) is 5.39 Å². The molecule has 1 aromatic heterocycles. The van der Waals surface area contributed by atoms with E-state index in [0.717, 1.165) is 5.56 Å². The molecule has 0 saturated heterocycles. The van der Waals surface area contributed by atoms with Gasteiger partial charge in [-0.05, 0) is 24.6 Å². The molecule has 16 heavy (non-hydrogen) atoms. The standard InChI is InChI=1S/C11H7F3O2/c1-6-2-3-7-9(4-6)16-5-8(10(7)15)11(12,13)14/h2-5H,1H3. The minimum absolute atomic E-state index is 0.0552. The van der Waals surface area contributed by atoms with Crippen LogP contribution >= 0.6 is 0 Å². The van der Waals surface area contributed by atoms with E-state index in [1.165, 1.54) is 12.1 Å². The molecule has 0 aliphatic carbocycles. The van der Waals surface area contributed by atoms with E-state index < -0.39 is 17.2 Å². The van der Waals surface area contributed by atoms with Crippen molar-refractivity contribution in [1.82, 2.24) is 0 Å². The molecule has 2 aromatic rings. The van der Waals surface area contributed by atoms with Crippen molar-refractivity contribution in [2.24, 2.45) is 0 Å². The van der Waals surface area contributed by atoms with Crippen LogP contribution < -0.4 is 5.43 Å². The second kappa shape index (κ2) is 3.37. The summed E-state index contributed by atoms with van der Waals surface area (Å²) in [7, 11) is 0. The Bertz CT molecular complexity index is 596. The van der Waals surface area contributed by atoms with Gasteiger partial charge >= 0.3 is 6.18 Å². The van der Waals surface area contributed by atoms with Crippen LogP contribution in [-0.2, 0) is 6.18 Å². The predicted molar refractivity (Wildman–Crippen MR) is 52.2 cm³/mol. The maximum absolute atomic E-state index is 12.4. The van der Waals surface area contributed by atoms with Gasteiger partial charge in [-0.2, -0.15) is 13.2 Å². The summed E-state index contributed by atoms with van der Waals surface area (Å²) in [4.78, 5) is 11.5. The summed E-state index contributed by atoms with van der Waals surface area (Å²) >= 11 is 0. The molecule has 0 N–H and O–H groups in total. The van der Waals surface area contributed by atoms with E-state index in [4.69, 9.17) is 4.42 Å². The lowest BCUT2D eigenvalue weighted by Gasteiger charge is -2.05. The lowest BCUT2D eigenvalue weighted by molar-refractivity contribution is -0.139. The lowest BCUT2D eigenvalue weighted by Crippen LogP contribution is -2.18. The number of alkyl halides is 3. The van der Waals surface area contributed by atoms with Crippen molar-refractivity contribution < 1.29 is 17.6 Å². The van der Waals surface area contributed by atoms with Gasteiger partial charge in [0.15, 0.2) is 0 Å². The fourth-order valence-corrected chi connectivity index (χ4v) is 1.43. The minimum Gasteiger partial charge on any atom is -0.463 e. The van der Waals surface area contributed by atoms with Crippen LogP contribution in [0.1, 0.15) is 11.1 Å². The third kappa shape index (κ3) is 1.68. The first-order chi connectivity index (χ1) is 7.39. The summed E-state index contributed by atoms with van der Waals surface area (Å²) in [5.41, 5.74) is -1.34. The van der Waals surface area contributed by atoms with E-state index in [0.29, 0.717) is 6.26 Å². The number of halogens is 3. The van der Waals surface area contributed by atoms with Crippen molar-refractivity contribution in [3.8, 4) is 0 Å². The number of benzene rings is 1. The summed E-state index contributed by atoms with van der Waals surface area (Å²) < 4.78 is 42.0. The Kier molecular flexibility index (Phi) is 2.26. The monoisotopic (exact) mass is 228 g/mol. The second-order valence-electron chi connectivity index (χ2n) is 3.48. The molecule has 1 heterocycles. The molecule has 0 aliphatic heterocycles. The van der Waals surface area contributed by atoms with Gasteiger partial charge in [0.25, 0.3) is 0 Å². The van der Waals surface area contributed by atoms with Gasteiger partial charge in [-0.3, -0.25) is 4.79 Å². The largest absolute Gasteiger partial charge is 0.463 e. The highest BCUT2D eigenvalue weighted by atomic mass is 19.4. The second-order valence-corrected chi connectivity index (χ2v) is 3.48. The minimum atomic E-state index is -4.68. The fraction of sp³-hybridized carbons (Fsp3) is 0.182. The highest BCUT2D eigenvalue weighted by molar-refractivity contribution is 5.77. The third-order valence-electron chi connectivity index (χ3n) is 2.24. The zero-order chi connectivity index (χ0) is 11.9. The normalized spacial score (nSPS) is 12.0. The molecule has 5 heteroatoms. The highest BCUT2D eigenvalue weighted by Crippen LogP contribution is 2.28. The zero-order valence-electron chi connectivity index (χ0n) is 8.26. The van der Waals surface area contributed by atoms with E-state index >= 15 is 0 Å². The molecule has 0 unspecified atom stereocenters. The first kappa shape index (κ1) is 10.7. The van der Waals surface area contributed by atoms with Crippen LogP contribution in [0.5, 0.6) is 0 Å². The summed E-state index contributed by atoms with van der Waals surface area (Å²) in [6.45, 7) is 1.76. The maximum Gasteiger partial charge on any atom is 0.423 e. The molecule has 0 amide bonds. The molecular weight excluding hydrogens is 221 g/mol. The van der Waals surface area contributed by atoms with Crippen molar-refractivity contribution in [2.45, 2.75) is 13.1 Å². The van der Waals surface area contributed by atoms with Gasteiger partial charge in [0.1, 0.15) is 17.4 Å². The van der Waals surface area contributed by atoms with E-state index in [-0.39, 0.29) is 11.0 Å². The summed E-state index contributed by atoms with van der Waals surface area (Å²) in [5.74, 6) is 0. The first-order valence-corrected chi connectivity index (χ1v) is 4.49. The van der Waals surface area contributed by atoms with Gasteiger partial charge in [-0.1, -0.05) is 6.07 Å². The fourth-order valence-electron chi connectivity index (χ4n) is 1.43. The Morgan fingerprint density at radius 3 is 2.56 bits per heavy atom. The van der Waals surface area contributed by atoms with Crippen molar-refractivity contribution in [3.63, 3.8) is 0 Å². The van der Waals surface area contributed by atoms with Crippen LogP contribution in [0.3, 0.4) is 0 Å². The Labute approximate surface area is 88.3 Å². The molecule has 84 valence electrons. The molecule has 0 atom stereocenters. The molecule has 0 aliphatic rings. The molecule has 2 rings (SSSR count). The highest BCUT2D eigenvalue weighted by Gasteiger charge is 2.35. The van der Waals surface area contributed by atoms with E-state index in [1.807, 2.05) is 0 Å². The molecule has 0 radical (unpaired) electrons. The van der Waals surface area contributed by atoms with Crippen LogP contribution in [-0.4, -0.2) is 0 Å². The molecule has 2 nitrogen and oxygen atoms in total. The molecule has 0 saturated carbocycles. The van der Waals surface area contributed by atoms with Crippen LogP contribution in [0, 0.1) is 6.92 Å². The number of fused-ring (bicyclic) bond motifs is 1. The zero-order valence-corrected chi connectivity index (χ0v) is 8.26. The number of hydrogen-bond acceptors (Lipinski definition) is 2. The average Bonchev–Trinajstić information content (AvgIpc) is 2.15. The van der Waals surface area contributed by atoms with Crippen LogP contribution in [0.2, 0.25) is 0 Å². The smallest absolute Gasteiger partial charge is 0.423 e. The topological polar surface area (TPSA) is 30.2 Å². The summed E-state index contributed by atoms with van der Waals surface area (Å²) in [6, 6.07) is 4.43. The number of aryl methyl sites for hydroxylation is 1. The van der Waals surface area contributed by atoms with Crippen molar-refractivity contribution >= 4 is 11.0 Å². The molecule has 0 bridgehead atoms. The first-order valence-electron chi connectivity index (χ1n) is 4.49. The molecular formula is C11H7F3O2. The van der Waals surface area contributed by atoms with Crippen molar-refractivity contribution in [1.29, 1.82) is 0 Å². The van der Waals surface area contributed by atoms with Crippen LogP contribution in [0.4, 0.5) is 13.2 Å². The van der Waals surface area contributed by atoms with Gasteiger partial charge in [-0.15, -0.1) is 0 Å². The Hall–Kier alpha value is -1.78. The number of hydrogen-bond donors (Lipinski definition) is 0. The Morgan fingerprint density at radius 2 is 1.94 bits per heavy atom. The Balaban J connectivity index is 2.81. The predicted octanol–water partition coefficient (Wildman–Crippen LogP) is 3.12. The van der Waals surface area contributed by atoms with E-state index in [1.54, 1.807) is 13.0 Å². The SMILES string of the molecule is Cc1ccc2c(=O)c(C(F)(F)F)coc2c1. The Morgan fingerprint density at radius 1 is 1.25 bits per heavy atom. The van der Waals surface area contributed by atoms with E-state index in [9.17, 15) is 18.0 Å². The maximum atomic E-state index is 12.4. The van der Waals surface area contributed by atoms with Crippen LogP contribution in [0.25, 0.3) is 11.0 Å². The quantitative estimate of drug-likeness (QED) is 0.693. The van der Waals surface area contributed by atoms with E-state index in [2.05, 4.69) is 0 Å². The average molecular weight is 228 g/mol. The van der Waals surface area contributed by atoms with Gasteiger partial charge in [0, 0.05) is 0 Å². The molecule has 1 aromatic carbocycles. The summed E-state index contributed by atoms with van der Waals surface area (Å²) in [6.07, 6.45) is -4.22. The van der Waals surface area contributed by atoms with Gasteiger partial charge in [-0.25, -0.2) is 0 Å². The van der Waals surface area contributed by atoms with Gasteiger partial charge in [0.2, 0.25) is 5.43 Å². The van der Waals surface area contributed by atoms with Crippen LogP contribution in [0.15, 0.2) is 33.7 Å². The number of rotatable bonds is 0. The lowest BCUT2D eigenvalue weighted by atomic mass is 10.1. The van der Waals surface area contributed by atoms with Crippen molar-refractivity contribution in [2.75, 3.05) is 0 Å². The van der Waals surface area contributed by atoms with Gasteiger partial charge < -0.3 is 4.42 Å². The summed E-state index contributed by atoms with van der Waals surface area (Å²) in [5, 5.41) is -0.0552. The third-order valence-corrected chi connectivity index (χ3v) is 2.24. The molecule has 0 fully saturated rings. The molecule has 0 spiro atoms. The van der Waals surface area contributed by atoms with Crippen molar-refractivity contribution in [3.05, 3.63) is 45.8 Å².